The molecule has 8 nitrogen and oxygen atoms in total. The summed E-state index contributed by atoms with van der Waals surface area (Å²) in [7, 11) is 1.72. The lowest BCUT2D eigenvalue weighted by Gasteiger charge is -2.30. The fourth-order valence-electron chi connectivity index (χ4n) is 4.01. The first-order valence-corrected chi connectivity index (χ1v) is 10.7. The summed E-state index contributed by atoms with van der Waals surface area (Å²) in [5, 5.41) is 15.2. The highest BCUT2D eigenvalue weighted by molar-refractivity contribution is 5.65. The number of nitrogens with two attached hydrogens (primary N) is 2. The molecule has 168 valence electrons. The zero-order chi connectivity index (χ0) is 22.7. The van der Waals surface area contributed by atoms with Gasteiger partial charge in [-0.3, -0.25) is 4.90 Å². The van der Waals surface area contributed by atoms with Crippen LogP contribution in [0.4, 0.5) is 0 Å². The van der Waals surface area contributed by atoms with Crippen molar-refractivity contribution in [2.24, 2.45) is 11.6 Å². The number of imidazole rings is 1. The van der Waals surface area contributed by atoms with Crippen LogP contribution in [-0.2, 0) is 13.0 Å². The molecule has 3 aromatic rings. The van der Waals surface area contributed by atoms with Crippen LogP contribution in [0.2, 0.25) is 0 Å². The fraction of sp³-hybridized carbons (Fsp3) is 0.292. The Balaban J connectivity index is 1.33. The van der Waals surface area contributed by atoms with Crippen LogP contribution in [-0.4, -0.2) is 57.2 Å². The van der Waals surface area contributed by atoms with Crippen molar-refractivity contribution in [3.63, 3.8) is 0 Å². The van der Waals surface area contributed by atoms with E-state index in [2.05, 4.69) is 46.0 Å². The Morgan fingerprint density at radius 1 is 1.28 bits per heavy atom. The molecule has 1 aliphatic rings. The number of nitrogens with one attached hydrogen (secondary N) is 1. The highest BCUT2D eigenvalue weighted by Crippen LogP contribution is 2.19. The van der Waals surface area contributed by atoms with Crippen LogP contribution in [0.5, 0.6) is 0 Å². The van der Waals surface area contributed by atoms with Gasteiger partial charge in [0.25, 0.3) is 0 Å². The van der Waals surface area contributed by atoms with E-state index in [9.17, 15) is 5.11 Å². The van der Waals surface area contributed by atoms with Crippen molar-refractivity contribution in [1.82, 2.24) is 24.6 Å². The van der Waals surface area contributed by atoms with Gasteiger partial charge < -0.3 is 25.6 Å². The molecule has 32 heavy (non-hydrogen) atoms. The van der Waals surface area contributed by atoms with Crippen LogP contribution in [0, 0.1) is 0 Å². The summed E-state index contributed by atoms with van der Waals surface area (Å²) in [5.41, 5.74) is 12.4. The Morgan fingerprint density at radius 3 is 2.84 bits per heavy atom. The van der Waals surface area contributed by atoms with Crippen molar-refractivity contribution in [2.45, 2.75) is 19.1 Å². The number of hydrogen-bond donors (Lipinski definition) is 4. The Hall–Kier alpha value is -3.33. The van der Waals surface area contributed by atoms with Crippen molar-refractivity contribution in [2.75, 3.05) is 26.7 Å². The first kappa shape index (κ1) is 21.9. The van der Waals surface area contributed by atoms with E-state index < -0.39 is 6.10 Å². The smallest absolute Gasteiger partial charge is 0.137 e. The summed E-state index contributed by atoms with van der Waals surface area (Å²) in [5.74, 6) is 5.64. The molecule has 0 amide bonds. The molecule has 1 unspecified atom stereocenters. The maximum Gasteiger partial charge on any atom is 0.137 e. The molecule has 1 aliphatic heterocycles. The minimum Gasteiger partial charge on any atom is -0.397 e. The number of aliphatic hydroxyl groups excluding tert-OH is 1. The summed E-state index contributed by atoms with van der Waals surface area (Å²) in [6.07, 6.45) is 5.97. The van der Waals surface area contributed by atoms with Gasteiger partial charge >= 0.3 is 0 Å². The van der Waals surface area contributed by atoms with Gasteiger partial charge in [-0.05, 0) is 29.7 Å². The SMILES string of the molecule is C=C(NCC(O)CN1CCc2ccccc2C1)c1cn2cc(/C(N)=C/N(C)N)ccc2n1. The third kappa shape index (κ3) is 5.11. The minimum absolute atomic E-state index is 0.411. The predicted molar refractivity (Wildman–Crippen MR) is 128 cm³/mol. The molecule has 8 heteroatoms. The molecule has 1 aromatic carbocycles. The summed E-state index contributed by atoms with van der Waals surface area (Å²) in [6, 6.07) is 12.3. The molecule has 0 radical (unpaired) electrons. The molecule has 3 heterocycles. The zero-order valence-electron chi connectivity index (χ0n) is 18.4. The maximum atomic E-state index is 10.5. The van der Waals surface area contributed by atoms with Gasteiger partial charge in [0.05, 0.1) is 17.5 Å². The zero-order valence-corrected chi connectivity index (χ0v) is 18.4. The van der Waals surface area contributed by atoms with Gasteiger partial charge in [-0.2, -0.15) is 0 Å². The summed E-state index contributed by atoms with van der Waals surface area (Å²) in [6.45, 7) is 6.96. The van der Waals surface area contributed by atoms with Crippen LogP contribution in [0.15, 0.2) is 61.6 Å². The third-order valence-electron chi connectivity index (χ3n) is 5.67. The van der Waals surface area contributed by atoms with E-state index in [1.54, 1.807) is 13.2 Å². The Labute approximate surface area is 188 Å². The number of rotatable bonds is 8. The van der Waals surface area contributed by atoms with Crippen molar-refractivity contribution in [3.05, 3.63) is 84.0 Å². The van der Waals surface area contributed by atoms with E-state index in [1.807, 2.05) is 28.9 Å². The van der Waals surface area contributed by atoms with Crippen LogP contribution in [0.3, 0.4) is 0 Å². The van der Waals surface area contributed by atoms with Crippen LogP contribution in [0.25, 0.3) is 17.0 Å². The second kappa shape index (κ2) is 9.44. The quantitative estimate of drug-likeness (QED) is 0.314. The summed E-state index contributed by atoms with van der Waals surface area (Å²) >= 11 is 0. The fourth-order valence-corrected chi connectivity index (χ4v) is 4.01. The molecule has 6 N–H and O–H groups in total. The number of pyridine rings is 1. The molecule has 4 rings (SSSR count). The average molecular weight is 434 g/mol. The van der Waals surface area contributed by atoms with Gasteiger partial charge in [-0.15, -0.1) is 0 Å². The largest absolute Gasteiger partial charge is 0.397 e. The second-order valence-electron chi connectivity index (χ2n) is 8.33. The van der Waals surface area contributed by atoms with E-state index in [0.717, 1.165) is 36.4 Å². The maximum absolute atomic E-state index is 10.5. The normalized spacial score (nSPS) is 15.4. The number of aromatic nitrogens is 2. The Morgan fingerprint density at radius 2 is 2.06 bits per heavy atom. The molecule has 0 saturated heterocycles. The van der Waals surface area contributed by atoms with E-state index in [1.165, 1.54) is 16.1 Å². The number of fused-ring (bicyclic) bond motifs is 2. The molecule has 0 aliphatic carbocycles. The first-order valence-electron chi connectivity index (χ1n) is 10.7. The number of aliphatic hydroxyl groups is 1. The Bertz CT molecular complexity index is 1130. The van der Waals surface area contributed by atoms with Crippen molar-refractivity contribution in [1.29, 1.82) is 0 Å². The van der Waals surface area contributed by atoms with Gasteiger partial charge in [0.2, 0.25) is 0 Å². The van der Waals surface area contributed by atoms with Crippen LogP contribution >= 0.6 is 0 Å². The molecular formula is C24H31N7O. The molecule has 0 fully saturated rings. The van der Waals surface area contributed by atoms with Gasteiger partial charge in [-0.1, -0.05) is 30.8 Å². The van der Waals surface area contributed by atoms with E-state index >= 15 is 0 Å². The van der Waals surface area contributed by atoms with Crippen molar-refractivity contribution in [3.8, 4) is 0 Å². The lowest BCUT2D eigenvalue weighted by molar-refractivity contribution is 0.107. The lowest BCUT2D eigenvalue weighted by Crippen LogP contribution is -2.40. The number of benzene rings is 1. The number of nitrogens with zero attached hydrogens (tertiary/aromatic N) is 4. The van der Waals surface area contributed by atoms with E-state index in [-0.39, 0.29) is 0 Å². The van der Waals surface area contributed by atoms with Gasteiger partial charge in [0.15, 0.2) is 0 Å². The third-order valence-corrected chi connectivity index (χ3v) is 5.67. The van der Waals surface area contributed by atoms with E-state index in [4.69, 9.17) is 11.6 Å². The van der Waals surface area contributed by atoms with Gasteiger partial charge in [-0.25, -0.2) is 10.8 Å². The van der Waals surface area contributed by atoms with Crippen LogP contribution < -0.4 is 16.9 Å². The molecular weight excluding hydrogens is 402 g/mol. The molecule has 0 bridgehead atoms. The first-order chi connectivity index (χ1) is 15.4. The van der Waals surface area contributed by atoms with Crippen molar-refractivity contribution < 1.29 is 5.11 Å². The molecule has 0 spiro atoms. The van der Waals surface area contributed by atoms with Gasteiger partial charge in [0.1, 0.15) is 11.3 Å². The summed E-state index contributed by atoms with van der Waals surface area (Å²) < 4.78 is 1.90. The lowest BCUT2D eigenvalue weighted by atomic mass is 10.00. The molecule has 1 atom stereocenters. The standard InChI is InChI=1S/C24H31N7O/c1-17(23-16-31-13-20(7-8-24(31)28-23)22(25)15-29(2)26)27-11-21(32)14-30-10-9-18-5-3-4-6-19(18)12-30/h3-8,13,15-16,21,27,32H,1,9-12,14,25-26H2,2H3/b22-15-. The highest BCUT2D eigenvalue weighted by Gasteiger charge is 2.18. The topological polar surface area (TPSA) is 108 Å². The monoisotopic (exact) mass is 433 g/mol. The highest BCUT2D eigenvalue weighted by atomic mass is 16.3. The minimum atomic E-state index is -0.501. The van der Waals surface area contributed by atoms with Crippen molar-refractivity contribution >= 4 is 17.0 Å². The number of β-amino-alcohol motifs (C(OH)–C–C–N with tert-alkyl or cyclic N) is 1. The molecule has 2 aromatic heterocycles. The molecule has 0 saturated carbocycles. The second-order valence-corrected chi connectivity index (χ2v) is 8.33. The Kier molecular flexibility index (Phi) is 6.45. The predicted octanol–water partition coefficient (Wildman–Crippen LogP) is 1.38. The number of hydrazine groups is 1. The van der Waals surface area contributed by atoms with Crippen LogP contribution in [0.1, 0.15) is 22.4 Å². The van der Waals surface area contributed by atoms with Gasteiger partial charge in [0, 0.05) is 57.4 Å². The average Bonchev–Trinajstić information content (AvgIpc) is 3.20. The summed E-state index contributed by atoms with van der Waals surface area (Å²) in [4.78, 5) is 6.90. The number of hydrogen-bond acceptors (Lipinski definition) is 7. The van der Waals surface area contributed by atoms with E-state index in [0.29, 0.717) is 24.5 Å².